The van der Waals surface area contributed by atoms with Crippen LogP contribution in [0.3, 0.4) is 0 Å². The second-order valence-corrected chi connectivity index (χ2v) is 8.20. The molecule has 0 aliphatic rings. The minimum Gasteiger partial charge on any atom is -0.481 e. The monoisotopic (exact) mass is 406 g/mol. The second-order valence-electron chi connectivity index (χ2n) is 8.20. The molecule has 2 atom stereocenters. The van der Waals surface area contributed by atoms with Crippen LogP contribution in [0.5, 0.6) is 0 Å². The Morgan fingerprint density at radius 1 is 0.862 bits per heavy atom. The number of unbranched alkanes of at least 4 members (excludes halogenated alkanes) is 8. The van der Waals surface area contributed by atoms with E-state index < -0.39 is 5.97 Å². The molecule has 4 nitrogen and oxygen atoms in total. The van der Waals surface area contributed by atoms with Gasteiger partial charge in [0.2, 0.25) is 0 Å². The van der Waals surface area contributed by atoms with E-state index in [0.29, 0.717) is 25.9 Å². The normalized spacial score (nSPS) is 13.3. The summed E-state index contributed by atoms with van der Waals surface area (Å²) in [7, 11) is 0. The SMILES string of the molecule is CCCCCCCCCCCC(O)CCC(CCC(=O)O)OCc1ccccc1. The highest BCUT2D eigenvalue weighted by molar-refractivity contribution is 5.66. The Morgan fingerprint density at radius 2 is 1.48 bits per heavy atom. The molecule has 0 fully saturated rings. The zero-order valence-corrected chi connectivity index (χ0v) is 18.4. The van der Waals surface area contributed by atoms with Gasteiger partial charge in [-0.05, 0) is 31.2 Å². The Hall–Kier alpha value is -1.39. The molecule has 0 aliphatic carbocycles. The minimum absolute atomic E-state index is 0.105. The number of carboxylic acid groups (broad SMARTS) is 1. The van der Waals surface area contributed by atoms with E-state index in [-0.39, 0.29) is 18.6 Å². The summed E-state index contributed by atoms with van der Waals surface area (Å²) in [6.07, 6.45) is 13.9. The molecule has 0 aliphatic heterocycles. The molecule has 0 aromatic heterocycles. The Labute approximate surface area is 177 Å². The van der Waals surface area contributed by atoms with Gasteiger partial charge in [-0.1, -0.05) is 95.0 Å². The number of ether oxygens (including phenoxy) is 1. The van der Waals surface area contributed by atoms with Crippen LogP contribution < -0.4 is 0 Å². The number of hydrogen-bond donors (Lipinski definition) is 2. The number of aliphatic carboxylic acids is 1. The number of aliphatic hydroxyl groups excluding tert-OH is 1. The van der Waals surface area contributed by atoms with Crippen molar-refractivity contribution in [3.8, 4) is 0 Å². The van der Waals surface area contributed by atoms with E-state index in [1.165, 1.54) is 51.4 Å². The van der Waals surface area contributed by atoms with Crippen LogP contribution in [-0.2, 0) is 16.1 Å². The van der Waals surface area contributed by atoms with Crippen molar-refractivity contribution in [2.24, 2.45) is 0 Å². The summed E-state index contributed by atoms with van der Waals surface area (Å²) in [5.41, 5.74) is 1.09. The third kappa shape index (κ3) is 15.2. The molecule has 0 amide bonds. The van der Waals surface area contributed by atoms with Gasteiger partial charge in [-0.3, -0.25) is 4.79 Å². The van der Waals surface area contributed by atoms with Gasteiger partial charge in [-0.15, -0.1) is 0 Å². The molecule has 2 N–H and O–H groups in total. The molecule has 166 valence electrons. The van der Waals surface area contributed by atoms with E-state index in [2.05, 4.69) is 6.92 Å². The van der Waals surface area contributed by atoms with Crippen LogP contribution in [0.2, 0.25) is 0 Å². The molecule has 0 bridgehead atoms. The van der Waals surface area contributed by atoms with E-state index >= 15 is 0 Å². The fourth-order valence-electron chi connectivity index (χ4n) is 3.60. The average molecular weight is 407 g/mol. The molecule has 0 saturated carbocycles. The Morgan fingerprint density at radius 3 is 2.10 bits per heavy atom. The Kier molecular flexibility index (Phi) is 15.4. The fraction of sp³-hybridized carbons (Fsp3) is 0.720. The van der Waals surface area contributed by atoms with Gasteiger partial charge in [0.15, 0.2) is 0 Å². The topological polar surface area (TPSA) is 66.8 Å². The molecule has 0 saturated heterocycles. The van der Waals surface area contributed by atoms with Gasteiger partial charge in [0.1, 0.15) is 0 Å². The van der Waals surface area contributed by atoms with E-state index in [1.807, 2.05) is 30.3 Å². The summed E-state index contributed by atoms with van der Waals surface area (Å²) in [5, 5.41) is 19.3. The fourth-order valence-corrected chi connectivity index (χ4v) is 3.60. The zero-order chi connectivity index (χ0) is 21.2. The van der Waals surface area contributed by atoms with Crippen molar-refractivity contribution in [2.75, 3.05) is 0 Å². The Bertz CT molecular complexity index is 503. The van der Waals surface area contributed by atoms with Crippen molar-refractivity contribution in [3.63, 3.8) is 0 Å². The van der Waals surface area contributed by atoms with Crippen molar-refractivity contribution in [1.29, 1.82) is 0 Å². The van der Waals surface area contributed by atoms with Crippen LogP contribution in [0.15, 0.2) is 30.3 Å². The third-order valence-electron chi connectivity index (χ3n) is 5.47. The quantitative estimate of drug-likeness (QED) is 0.257. The molecule has 4 heteroatoms. The van der Waals surface area contributed by atoms with Gasteiger partial charge in [0.05, 0.1) is 18.8 Å². The molecular weight excluding hydrogens is 364 g/mol. The molecular formula is C25H42O4. The van der Waals surface area contributed by atoms with Crippen molar-refractivity contribution < 1.29 is 19.7 Å². The maximum absolute atomic E-state index is 10.9. The molecule has 2 unspecified atom stereocenters. The van der Waals surface area contributed by atoms with Crippen LogP contribution in [0.4, 0.5) is 0 Å². The number of carbonyl (C=O) groups is 1. The lowest BCUT2D eigenvalue weighted by atomic mass is 10.0. The number of aliphatic hydroxyl groups is 1. The zero-order valence-electron chi connectivity index (χ0n) is 18.4. The average Bonchev–Trinajstić information content (AvgIpc) is 2.72. The first-order valence-corrected chi connectivity index (χ1v) is 11.7. The first-order chi connectivity index (χ1) is 14.1. The number of benzene rings is 1. The predicted octanol–water partition coefficient (Wildman–Crippen LogP) is 6.50. The Balaban J connectivity index is 2.16. The van der Waals surface area contributed by atoms with Crippen molar-refractivity contribution in [3.05, 3.63) is 35.9 Å². The van der Waals surface area contributed by atoms with Crippen LogP contribution in [0.1, 0.15) is 102 Å². The highest BCUT2D eigenvalue weighted by Crippen LogP contribution is 2.17. The van der Waals surface area contributed by atoms with E-state index in [4.69, 9.17) is 9.84 Å². The third-order valence-corrected chi connectivity index (χ3v) is 5.47. The highest BCUT2D eigenvalue weighted by Gasteiger charge is 2.14. The van der Waals surface area contributed by atoms with Gasteiger partial charge >= 0.3 is 5.97 Å². The van der Waals surface area contributed by atoms with Crippen molar-refractivity contribution >= 4 is 5.97 Å². The van der Waals surface area contributed by atoms with Crippen LogP contribution in [0.25, 0.3) is 0 Å². The summed E-state index contributed by atoms with van der Waals surface area (Å²) >= 11 is 0. The number of rotatable bonds is 19. The summed E-state index contributed by atoms with van der Waals surface area (Å²) in [5.74, 6) is -0.798. The first-order valence-electron chi connectivity index (χ1n) is 11.7. The van der Waals surface area contributed by atoms with Gasteiger partial charge in [0.25, 0.3) is 0 Å². The summed E-state index contributed by atoms with van der Waals surface area (Å²) < 4.78 is 5.95. The highest BCUT2D eigenvalue weighted by atomic mass is 16.5. The first kappa shape index (κ1) is 25.6. The molecule has 1 aromatic rings. The lowest BCUT2D eigenvalue weighted by Gasteiger charge is -2.19. The molecule has 0 heterocycles. The molecule has 0 radical (unpaired) electrons. The molecule has 1 aromatic carbocycles. The maximum Gasteiger partial charge on any atom is 0.303 e. The van der Waals surface area contributed by atoms with Crippen molar-refractivity contribution in [1.82, 2.24) is 0 Å². The lowest BCUT2D eigenvalue weighted by molar-refractivity contribution is -0.138. The number of carboxylic acids is 1. The molecule has 1 rings (SSSR count). The van der Waals surface area contributed by atoms with E-state index in [9.17, 15) is 9.90 Å². The maximum atomic E-state index is 10.9. The van der Waals surface area contributed by atoms with Gasteiger partial charge in [-0.25, -0.2) is 0 Å². The summed E-state index contributed by atoms with van der Waals surface area (Å²) in [6, 6.07) is 9.92. The van der Waals surface area contributed by atoms with E-state index in [0.717, 1.165) is 18.4 Å². The van der Waals surface area contributed by atoms with Crippen LogP contribution in [-0.4, -0.2) is 28.4 Å². The van der Waals surface area contributed by atoms with E-state index in [1.54, 1.807) is 0 Å². The van der Waals surface area contributed by atoms with Gasteiger partial charge < -0.3 is 14.9 Å². The second kappa shape index (κ2) is 17.5. The van der Waals surface area contributed by atoms with Gasteiger partial charge in [0, 0.05) is 6.42 Å². The van der Waals surface area contributed by atoms with Gasteiger partial charge in [-0.2, -0.15) is 0 Å². The smallest absolute Gasteiger partial charge is 0.303 e. The van der Waals surface area contributed by atoms with Crippen LogP contribution >= 0.6 is 0 Å². The molecule has 29 heavy (non-hydrogen) atoms. The van der Waals surface area contributed by atoms with Crippen LogP contribution in [0, 0.1) is 0 Å². The lowest BCUT2D eigenvalue weighted by Crippen LogP contribution is -2.18. The molecule has 0 spiro atoms. The number of hydrogen-bond acceptors (Lipinski definition) is 3. The summed E-state index contributed by atoms with van der Waals surface area (Å²) in [4.78, 5) is 10.9. The minimum atomic E-state index is -0.798. The predicted molar refractivity (Wildman–Crippen MR) is 119 cm³/mol. The van der Waals surface area contributed by atoms with Crippen molar-refractivity contribution in [2.45, 2.75) is 116 Å². The summed E-state index contributed by atoms with van der Waals surface area (Å²) in [6.45, 7) is 2.73. The largest absolute Gasteiger partial charge is 0.481 e. The standard InChI is InChI=1S/C25H42O4/c1-2-3-4-5-6-7-8-9-13-16-23(26)17-18-24(19-20-25(27)28)29-21-22-14-11-10-12-15-22/h10-12,14-15,23-24,26H,2-9,13,16-21H2,1H3,(H,27,28).